The van der Waals surface area contributed by atoms with Crippen molar-refractivity contribution in [2.24, 2.45) is 5.92 Å². The molecule has 0 aromatic heterocycles. The molecule has 0 aliphatic carbocycles. The Morgan fingerprint density at radius 2 is 2.00 bits per heavy atom. The summed E-state index contributed by atoms with van der Waals surface area (Å²) < 4.78 is 19.8. The average molecular weight is 371 g/mol. The van der Waals surface area contributed by atoms with Crippen molar-refractivity contribution in [3.63, 3.8) is 0 Å². The van der Waals surface area contributed by atoms with Gasteiger partial charge < -0.3 is 14.5 Å². The van der Waals surface area contributed by atoms with Gasteiger partial charge >= 0.3 is 0 Å². The number of hydrogen-bond donors (Lipinski definition) is 0. The van der Waals surface area contributed by atoms with Crippen molar-refractivity contribution in [1.29, 1.82) is 0 Å². The summed E-state index contributed by atoms with van der Waals surface area (Å²) in [5.74, 6) is -1.67. The number of anilines is 1. The number of hydrogen-bond acceptors (Lipinski definition) is 3. The summed E-state index contributed by atoms with van der Waals surface area (Å²) in [4.78, 5) is 28.0. The van der Waals surface area contributed by atoms with Gasteiger partial charge in [-0.05, 0) is 24.6 Å². The lowest BCUT2D eigenvalue weighted by Crippen LogP contribution is -2.45. The van der Waals surface area contributed by atoms with Crippen molar-refractivity contribution >= 4 is 33.4 Å². The lowest BCUT2D eigenvalue weighted by molar-refractivity contribution is -0.143. The number of amides is 2. The highest BCUT2D eigenvalue weighted by molar-refractivity contribution is 9.10. The third-order valence-electron chi connectivity index (χ3n) is 4.03. The lowest BCUT2D eigenvalue weighted by atomic mass is 10.1. The fourth-order valence-electron chi connectivity index (χ4n) is 2.85. The van der Waals surface area contributed by atoms with Gasteiger partial charge in [0.2, 0.25) is 11.8 Å². The van der Waals surface area contributed by atoms with Crippen LogP contribution < -0.4 is 4.90 Å². The van der Waals surface area contributed by atoms with Gasteiger partial charge in [-0.25, -0.2) is 4.39 Å². The third-order valence-corrected chi connectivity index (χ3v) is 4.52. The monoisotopic (exact) mass is 370 g/mol. The molecule has 118 valence electrons. The van der Waals surface area contributed by atoms with E-state index >= 15 is 0 Å². The van der Waals surface area contributed by atoms with Gasteiger partial charge in [-0.1, -0.05) is 15.9 Å². The first kappa shape index (κ1) is 15.4. The number of morpholine rings is 1. The highest BCUT2D eigenvalue weighted by Crippen LogP contribution is 2.30. The highest BCUT2D eigenvalue weighted by Gasteiger charge is 2.40. The molecule has 0 N–H and O–H groups in total. The molecule has 2 heterocycles. The molecule has 0 radical (unpaired) electrons. The first-order valence-corrected chi connectivity index (χ1v) is 8.00. The number of halogens is 2. The predicted molar refractivity (Wildman–Crippen MR) is 82.0 cm³/mol. The van der Waals surface area contributed by atoms with Gasteiger partial charge in [-0.15, -0.1) is 0 Å². The minimum absolute atomic E-state index is 0.173. The summed E-state index contributed by atoms with van der Waals surface area (Å²) in [6.07, 6.45) is 0.421. The second-order valence-electron chi connectivity index (χ2n) is 5.36. The first-order valence-electron chi connectivity index (χ1n) is 7.21. The molecule has 1 unspecified atom stereocenters. The molecule has 7 heteroatoms. The molecule has 2 aliphatic rings. The molecule has 1 atom stereocenters. The Balaban J connectivity index is 1.75. The maximum atomic E-state index is 14.0. The van der Waals surface area contributed by atoms with Gasteiger partial charge in [0.1, 0.15) is 11.7 Å². The van der Waals surface area contributed by atoms with Gasteiger partial charge in [-0.3, -0.25) is 9.59 Å². The van der Waals surface area contributed by atoms with Crippen LogP contribution in [0.2, 0.25) is 0 Å². The fourth-order valence-corrected chi connectivity index (χ4v) is 3.19. The van der Waals surface area contributed by atoms with Crippen LogP contribution in [0, 0.1) is 11.7 Å². The van der Waals surface area contributed by atoms with Crippen LogP contribution in [0.3, 0.4) is 0 Å². The van der Waals surface area contributed by atoms with E-state index in [1.165, 1.54) is 11.0 Å². The number of nitrogens with zero attached hydrogens (tertiary/aromatic N) is 2. The highest BCUT2D eigenvalue weighted by atomic mass is 79.9. The summed E-state index contributed by atoms with van der Waals surface area (Å²) in [6, 6.07) is 4.56. The molecule has 0 saturated carbocycles. The van der Waals surface area contributed by atoms with Crippen molar-refractivity contribution in [3.05, 3.63) is 28.5 Å². The smallest absolute Gasteiger partial charge is 0.239 e. The van der Waals surface area contributed by atoms with Crippen molar-refractivity contribution in [1.82, 2.24) is 4.90 Å². The van der Waals surface area contributed by atoms with Crippen LogP contribution in [0.5, 0.6) is 0 Å². The molecule has 0 spiro atoms. The normalized spacial score (nSPS) is 22.3. The Hall–Kier alpha value is -1.47. The average Bonchev–Trinajstić information content (AvgIpc) is 2.89. The SMILES string of the molecule is O=C(C1CCN(c2ccc(Br)cc2F)C1=O)N1CCOCC1. The van der Waals surface area contributed by atoms with E-state index in [4.69, 9.17) is 4.74 Å². The lowest BCUT2D eigenvalue weighted by Gasteiger charge is -2.28. The zero-order valence-corrected chi connectivity index (χ0v) is 13.5. The Bertz CT molecular complexity index is 604. The Morgan fingerprint density at radius 1 is 1.27 bits per heavy atom. The number of carbonyl (C=O) groups excluding carboxylic acids is 2. The second kappa shape index (κ2) is 6.34. The van der Waals surface area contributed by atoms with E-state index in [0.29, 0.717) is 43.7 Å². The van der Waals surface area contributed by atoms with Crippen molar-refractivity contribution in [2.45, 2.75) is 6.42 Å². The molecule has 0 bridgehead atoms. The standard InChI is InChI=1S/C15H16BrFN2O3/c16-10-1-2-13(12(17)9-10)19-4-3-11(15(19)21)14(20)18-5-7-22-8-6-18/h1-2,9,11H,3-8H2. The van der Waals surface area contributed by atoms with E-state index in [2.05, 4.69) is 15.9 Å². The molecule has 3 rings (SSSR count). The van der Waals surface area contributed by atoms with Crippen molar-refractivity contribution in [3.8, 4) is 0 Å². The van der Waals surface area contributed by atoms with Gasteiger partial charge in [0.25, 0.3) is 0 Å². The van der Waals surface area contributed by atoms with Crippen LogP contribution >= 0.6 is 15.9 Å². The van der Waals surface area contributed by atoms with Gasteiger partial charge in [0.05, 0.1) is 18.9 Å². The number of benzene rings is 1. The van der Waals surface area contributed by atoms with E-state index in [-0.39, 0.29) is 17.5 Å². The van der Waals surface area contributed by atoms with Crippen LogP contribution in [0.1, 0.15) is 6.42 Å². The minimum atomic E-state index is -0.707. The van der Waals surface area contributed by atoms with Crippen LogP contribution in [0.25, 0.3) is 0 Å². The molecule has 2 fully saturated rings. The Kier molecular flexibility index (Phi) is 4.44. The zero-order chi connectivity index (χ0) is 15.7. The van der Waals surface area contributed by atoms with Gasteiger partial charge in [0, 0.05) is 24.1 Å². The van der Waals surface area contributed by atoms with E-state index < -0.39 is 11.7 Å². The molecular weight excluding hydrogens is 355 g/mol. The molecule has 1 aromatic rings. The van der Waals surface area contributed by atoms with Crippen LogP contribution in [-0.2, 0) is 14.3 Å². The summed E-state index contributed by atoms with van der Waals surface area (Å²) >= 11 is 3.19. The minimum Gasteiger partial charge on any atom is -0.378 e. The van der Waals surface area contributed by atoms with Crippen LogP contribution in [0.4, 0.5) is 10.1 Å². The second-order valence-corrected chi connectivity index (χ2v) is 6.28. The molecular formula is C15H16BrFN2O3. The molecule has 5 nitrogen and oxygen atoms in total. The van der Waals surface area contributed by atoms with Gasteiger partial charge in [-0.2, -0.15) is 0 Å². The number of carbonyl (C=O) groups is 2. The Morgan fingerprint density at radius 3 is 2.68 bits per heavy atom. The molecule has 2 saturated heterocycles. The Labute approximate surface area is 136 Å². The molecule has 2 amide bonds. The van der Waals surface area contributed by atoms with Crippen molar-refractivity contribution in [2.75, 3.05) is 37.7 Å². The quantitative estimate of drug-likeness (QED) is 0.745. The maximum Gasteiger partial charge on any atom is 0.239 e. The first-order chi connectivity index (χ1) is 10.6. The number of ether oxygens (including phenoxy) is 1. The van der Waals surface area contributed by atoms with E-state index in [1.54, 1.807) is 17.0 Å². The van der Waals surface area contributed by atoms with Crippen LogP contribution in [0.15, 0.2) is 22.7 Å². The number of rotatable bonds is 2. The molecule has 2 aliphatic heterocycles. The van der Waals surface area contributed by atoms with Crippen LogP contribution in [-0.4, -0.2) is 49.6 Å². The van der Waals surface area contributed by atoms with E-state index in [0.717, 1.165) is 0 Å². The largest absolute Gasteiger partial charge is 0.378 e. The summed E-state index contributed by atoms with van der Waals surface area (Å²) in [5.41, 5.74) is 0.227. The maximum absolute atomic E-state index is 14.0. The van der Waals surface area contributed by atoms with E-state index in [1.807, 2.05) is 0 Å². The van der Waals surface area contributed by atoms with Crippen molar-refractivity contribution < 1.29 is 18.7 Å². The summed E-state index contributed by atoms with van der Waals surface area (Å²) in [7, 11) is 0. The topological polar surface area (TPSA) is 49.9 Å². The third kappa shape index (κ3) is 2.87. The molecule has 22 heavy (non-hydrogen) atoms. The summed E-state index contributed by atoms with van der Waals surface area (Å²) in [5, 5.41) is 0. The predicted octanol–water partition coefficient (Wildman–Crippen LogP) is 1.80. The molecule has 1 aromatic carbocycles. The van der Waals surface area contributed by atoms with Gasteiger partial charge in [0.15, 0.2) is 0 Å². The summed E-state index contributed by atoms with van der Waals surface area (Å²) in [6.45, 7) is 2.37. The fraction of sp³-hybridized carbons (Fsp3) is 0.467. The zero-order valence-electron chi connectivity index (χ0n) is 11.9. The van der Waals surface area contributed by atoms with E-state index in [9.17, 15) is 14.0 Å².